The molecule has 6 heteroatoms. The smallest absolute Gasteiger partial charge is 0.254 e. The van der Waals surface area contributed by atoms with Gasteiger partial charge in [0.1, 0.15) is 0 Å². The average Bonchev–Trinajstić information content (AvgIpc) is 2.80. The van der Waals surface area contributed by atoms with E-state index in [4.69, 9.17) is 9.47 Å². The fourth-order valence-electron chi connectivity index (χ4n) is 3.54. The zero-order valence-electron chi connectivity index (χ0n) is 13.7. The first-order valence-corrected chi connectivity index (χ1v) is 8.08. The Labute approximate surface area is 143 Å². The number of hydrogen-bond donors (Lipinski definition) is 1. The minimum atomic E-state index is 0. The van der Waals surface area contributed by atoms with Crippen LogP contribution in [0.25, 0.3) is 0 Å². The number of hydrogen-bond acceptors (Lipinski definition) is 4. The summed E-state index contributed by atoms with van der Waals surface area (Å²) in [7, 11) is 1.60. The molecule has 1 N–H and O–H groups in total. The van der Waals surface area contributed by atoms with Crippen LogP contribution in [0.1, 0.15) is 36.5 Å². The van der Waals surface area contributed by atoms with Crippen LogP contribution in [0.5, 0.6) is 11.5 Å². The van der Waals surface area contributed by atoms with Crippen LogP contribution in [-0.4, -0.2) is 49.7 Å². The fraction of sp³-hybridized carbons (Fsp3) is 0.588. The minimum absolute atomic E-state index is 0. The number of carbonyl (C=O) groups is 1. The van der Waals surface area contributed by atoms with E-state index < -0.39 is 0 Å². The number of nitrogens with one attached hydrogen (secondary N) is 1. The Morgan fingerprint density at radius 1 is 1.26 bits per heavy atom. The molecule has 1 amide bonds. The normalized spacial score (nSPS) is 23.0. The summed E-state index contributed by atoms with van der Waals surface area (Å²) in [5.74, 6) is 1.41. The molecular weight excluding hydrogens is 316 g/mol. The number of rotatable bonds is 4. The Morgan fingerprint density at radius 2 is 2.04 bits per heavy atom. The van der Waals surface area contributed by atoms with Crippen molar-refractivity contribution >= 4 is 18.3 Å². The second-order valence-electron chi connectivity index (χ2n) is 5.89. The number of benzene rings is 1. The third kappa shape index (κ3) is 3.56. The number of methoxy groups -OCH3 is 1. The molecule has 2 bridgehead atoms. The first-order chi connectivity index (χ1) is 10.7. The number of fused-ring (bicyclic) bond motifs is 2. The van der Waals surface area contributed by atoms with Crippen molar-refractivity contribution in [3.8, 4) is 11.5 Å². The van der Waals surface area contributed by atoms with Crippen LogP contribution >= 0.6 is 12.4 Å². The molecule has 2 heterocycles. The fourth-order valence-corrected chi connectivity index (χ4v) is 3.54. The zero-order valence-corrected chi connectivity index (χ0v) is 14.5. The highest BCUT2D eigenvalue weighted by atomic mass is 35.5. The van der Waals surface area contributed by atoms with Crippen molar-refractivity contribution in [1.29, 1.82) is 0 Å². The van der Waals surface area contributed by atoms with Crippen LogP contribution in [-0.2, 0) is 0 Å². The second-order valence-corrected chi connectivity index (χ2v) is 5.89. The minimum Gasteiger partial charge on any atom is -0.493 e. The van der Waals surface area contributed by atoms with E-state index in [-0.39, 0.29) is 18.3 Å². The van der Waals surface area contributed by atoms with E-state index in [2.05, 4.69) is 10.2 Å². The second kappa shape index (κ2) is 7.88. The van der Waals surface area contributed by atoms with E-state index >= 15 is 0 Å². The van der Waals surface area contributed by atoms with Crippen LogP contribution in [0.4, 0.5) is 0 Å². The number of ether oxygens (including phenoxy) is 2. The predicted molar refractivity (Wildman–Crippen MR) is 91.9 cm³/mol. The van der Waals surface area contributed by atoms with Crippen molar-refractivity contribution in [3.05, 3.63) is 23.8 Å². The molecule has 0 aliphatic carbocycles. The lowest BCUT2D eigenvalue weighted by atomic mass is 10.1. The highest BCUT2D eigenvalue weighted by Gasteiger charge is 2.38. The molecule has 0 radical (unpaired) electrons. The van der Waals surface area contributed by atoms with E-state index in [1.165, 1.54) is 0 Å². The molecule has 128 valence electrons. The quantitative estimate of drug-likeness (QED) is 0.915. The van der Waals surface area contributed by atoms with Gasteiger partial charge in [0.15, 0.2) is 11.5 Å². The van der Waals surface area contributed by atoms with Gasteiger partial charge in [0.2, 0.25) is 0 Å². The molecule has 2 aliphatic rings. The largest absolute Gasteiger partial charge is 0.493 e. The van der Waals surface area contributed by atoms with Crippen molar-refractivity contribution in [2.24, 2.45) is 0 Å². The van der Waals surface area contributed by atoms with Gasteiger partial charge in [-0.25, -0.2) is 0 Å². The molecule has 2 unspecified atom stereocenters. The van der Waals surface area contributed by atoms with Gasteiger partial charge >= 0.3 is 0 Å². The summed E-state index contributed by atoms with van der Waals surface area (Å²) in [6.07, 6.45) is 3.25. The zero-order chi connectivity index (χ0) is 15.5. The molecule has 0 aromatic heterocycles. The summed E-state index contributed by atoms with van der Waals surface area (Å²) < 4.78 is 10.9. The third-order valence-corrected chi connectivity index (χ3v) is 4.60. The molecule has 3 rings (SSSR count). The first-order valence-electron chi connectivity index (χ1n) is 8.08. The van der Waals surface area contributed by atoms with Gasteiger partial charge in [-0.3, -0.25) is 4.79 Å². The molecule has 1 aromatic carbocycles. The average molecular weight is 341 g/mol. The van der Waals surface area contributed by atoms with E-state index in [1.807, 2.05) is 19.1 Å². The first kappa shape index (κ1) is 17.9. The van der Waals surface area contributed by atoms with Gasteiger partial charge in [-0.1, -0.05) is 0 Å². The van der Waals surface area contributed by atoms with Gasteiger partial charge in [0.25, 0.3) is 5.91 Å². The Bertz CT molecular complexity index is 539. The Morgan fingerprint density at radius 3 is 2.78 bits per heavy atom. The predicted octanol–water partition coefficient (Wildman–Crippen LogP) is 2.48. The van der Waals surface area contributed by atoms with Crippen LogP contribution in [0.2, 0.25) is 0 Å². The number of nitrogens with zero attached hydrogens (tertiary/aromatic N) is 1. The maximum absolute atomic E-state index is 13.0. The molecule has 2 atom stereocenters. The molecule has 0 saturated carbocycles. The van der Waals surface area contributed by atoms with Gasteiger partial charge in [-0.05, 0) is 50.9 Å². The monoisotopic (exact) mass is 340 g/mol. The Hall–Kier alpha value is -1.46. The highest BCUT2D eigenvalue weighted by molar-refractivity contribution is 5.95. The van der Waals surface area contributed by atoms with Gasteiger partial charge in [0, 0.05) is 24.2 Å². The summed E-state index contributed by atoms with van der Waals surface area (Å²) in [5.41, 5.74) is 0.680. The molecule has 5 nitrogen and oxygen atoms in total. The van der Waals surface area contributed by atoms with Crippen LogP contribution in [0.15, 0.2) is 18.2 Å². The maximum atomic E-state index is 13.0. The van der Waals surface area contributed by atoms with E-state index in [0.29, 0.717) is 35.8 Å². The molecular formula is C17H25ClN2O3. The number of halogens is 1. The van der Waals surface area contributed by atoms with Crippen molar-refractivity contribution in [3.63, 3.8) is 0 Å². The van der Waals surface area contributed by atoms with Crippen LogP contribution < -0.4 is 14.8 Å². The van der Waals surface area contributed by atoms with Crippen LogP contribution in [0.3, 0.4) is 0 Å². The summed E-state index contributed by atoms with van der Waals surface area (Å²) >= 11 is 0. The maximum Gasteiger partial charge on any atom is 0.254 e. The van der Waals surface area contributed by atoms with E-state index in [1.54, 1.807) is 13.2 Å². The van der Waals surface area contributed by atoms with Crippen molar-refractivity contribution in [1.82, 2.24) is 10.2 Å². The summed E-state index contributed by atoms with van der Waals surface area (Å²) in [4.78, 5) is 15.0. The molecule has 2 saturated heterocycles. The van der Waals surface area contributed by atoms with E-state index in [9.17, 15) is 4.79 Å². The molecule has 2 aliphatic heterocycles. The molecule has 2 fully saturated rings. The van der Waals surface area contributed by atoms with Gasteiger partial charge in [-0.15, -0.1) is 12.4 Å². The highest BCUT2D eigenvalue weighted by Crippen LogP contribution is 2.32. The van der Waals surface area contributed by atoms with Crippen molar-refractivity contribution in [2.45, 2.75) is 38.3 Å². The Balaban J connectivity index is 0.00000192. The standard InChI is InChI=1S/C17H24N2O3.ClH/c1-3-22-15-7-4-12(10-16(15)21-2)17(20)19-13-5-6-14(19)11-18-9-8-13;/h4,7,10,13-14,18H,3,5-6,8-9,11H2,1-2H3;1H. The third-order valence-electron chi connectivity index (χ3n) is 4.60. The summed E-state index contributed by atoms with van der Waals surface area (Å²) in [6.45, 7) is 4.40. The lowest BCUT2D eigenvalue weighted by molar-refractivity contribution is 0.0680. The number of amides is 1. The lowest BCUT2D eigenvalue weighted by Crippen LogP contribution is -2.42. The van der Waals surface area contributed by atoms with Gasteiger partial charge in [-0.2, -0.15) is 0 Å². The summed E-state index contributed by atoms with van der Waals surface area (Å²) in [6, 6.07) is 6.15. The lowest BCUT2D eigenvalue weighted by Gasteiger charge is -2.28. The van der Waals surface area contributed by atoms with Crippen molar-refractivity contribution in [2.75, 3.05) is 26.8 Å². The van der Waals surface area contributed by atoms with Crippen LogP contribution in [0, 0.1) is 0 Å². The Kier molecular flexibility index (Phi) is 6.13. The summed E-state index contributed by atoms with van der Waals surface area (Å²) in [5, 5.41) is 3.42. The topological polar surface area (TPSA) is 50.8 Å². The van der Waals surface area contributed by atoms with E-state index in [0.717, 1.165) is 32.4 Å². The van der Waals surface area contributed by atoms with Crippen molar-refractivity contribution < 1.29 is 14.3 Å². The molecule has 1 aromatic rings. The SMILES string of the molecule is CCOc1ccc(C(=O)N2C3CCNCC2CC3)cc1OC.Cl. The van der Waals surface area contributed by atoms with Gasteiger partial charge < -0.3 is 19.7 Å². The molecule has 23 heavy (non-hydrogen) atoms. The number of carbonyl (C=O) groups excluding carboxylic acids is 1. The molecule has 0 spiro atoms. The van der Waals surface area contributed by atoms with Gasteiger partial charge in [0.05, 0.1) is 13.7 Å².